The Labute approximate surface area is 111 Å². The minimum atomic E-state index is 0.256. The molecule has 0 heterocycles. The van der Waals surface area contributed by atoms with Gasteiger partial charge in [-0.3, -0.25) is 0 Å². The predicted molar refractivity (Wildman–Crippen MR) is 76.2 cm³/mol. The number of nitriles is 1. The Hall–Kier alpha value is -0.200. The van der Waals surface area contributed by atoms with Crippen LogP contribution in [0.3, 0.4) is 0 Å². The molecule has 17 heavy (non-hydrogen) atoms. The van der Waals surface area contributed by atoms with Gasteiger partial charge in [-0.1, -0.05) is 13.8 Å². The van der Waals surface area contributed by atoms with Crippen molar-refractivity contribution in [1.29, 1.82) is 5.26 Å². The molecule has 1 rings (SSSR count). The lowest BCUT2D eigenvalue weighted by Crippen LogP contribution is -2.39. The van der Waals surface area contributed by atoms with Crippen LogP contribution in [-0.4, -0.2) is 24.1 Å². The van der Waals surface area contributed by atoms with Crippen LogP contribution in [-0.2, 0) is 0 Å². The van der Waals surface area contributed by atoms with Gasteiger partial charge in [0.25, 0.3) is 0 Å². The largest absolute Gasteiger partial charge is 0.313 e. The van der Waals surface area contributed by atoms with Gasteiger partial charge in [-0.2, -0.15) is 17.0 Å². The summed E-state index contributed by atoms with van der Waals surface area (Å²) < 4.78 is 0. The van der Waals surface area contributed by atoms with E-state index in [0.29, 0.717) is 12.5 Å². The highest BCUT2D eigenvalue weighted by Gasteiger charge is 2.23. The van der Waals surface area contributed by atoms with Gasteiger partial charge in [0, 0.05) is 24.3 Å². The molecule has 0 bridgehead atoms. The molecule has 0 saturated heterocycles. The molecule has 0 spiro atoms. The Kier molecular flexibility index (Phi) is 6.37. The first-order valence-electron chi connectivity index (χ1n) is 6.70. The molecular weight excluding hydrogens is 228 g/mol. The van der Waals surface area contributed by atoms with Gasteiger partial charge in [-0.05, 0) is 43.8 Å². The van der Waals surface area contributed by atoms with Gasteiger partial charge in [0.15, 0.2) is 0 Å². The highest BCUT2D eigenvalue weighted by molar-refractivity contribution is 7.99. The monoisotopic (exact) mass is 254 g/mol. The summed E-state index contributed by atoms with van der Waals surface area (Å²) in [6.07, 6.45) is 9.25. The van der Waals surface area contributed by atoms with Crippen molar-refractivity contribution in [3.8, 4) is 6.07 Å². The van der Waals surface area contributed by atoms with Crippen molar-refractivity contribution in [1.82, 2.24) is 5.32 Å². The third-order valence-corrected chi connectivity index (χ3v) is 4.93. The Morgan fingerprint density at radius 2 is 1.94 bits per heavy atom. The normalized spacial score (nSPS) is 25.5. The van der Waals surface area contributed by atoms with Crippen LogP contribution in [0.25, 0.3) is 0 Å². The maximum Gasteiger partial charge on any atom is 0.0621 e. The van der Waals surface area contributed by atoms with Crippen molar-refractivity contribution < 1.29 is 0 Å². The first-order valence-corrected chi connectivity index (χ1v) is 7.99. The Balaban J connectivity index is 2.20. The molecule has 0 unspecified atom stereocenters. The van der Waals surface area contributed by atoms with Gasteiger partial charge in [-0.25, -0.2) is 0 Å². The summed E-state index contributed by atoms with van der Waals surface area (Å²) in [5.41, 5.74) is 0.256. The van der Waals surface area contributed by atoms with Gasteiger partial charge in [0.05, 0.1) is 6.07 Å². The second-order valence-electron chi connectivity index (χ2n) is 5.91. The van der Waals surface area contributed by atoms with Gasteiger partial charge in [0.1, 0.15) is 0 Å². The summed E-state index contributed by atoms with van der Waals surface area (Å²) in [6, 6.07) is 2.95. The number of hydrogen-bond acceptors (Lipinski definition) is 3. The SMILES string of the molecule is CSC1CCC(NCC(C)(C)CCC#N)CC1. The molecule has 1 fully saturated rings. The van der Waals surface area contributed by atoms with Crippen molar-refractivity contribution in [2.45, 2.75) is 63.7 Å². The fourth-order valence-electron chi connectivity index (χ4n) is 2.41. The van der Waals surface area contributed by atoms with E-state index in [2.05, 4.69) is 31.5 Å². The maximum absolute atomic E-state index is 8.63. The summed E-state index contributed by atoms with van der Waals surface area (Å²) in [5.74, 6) is 0. The lowest BCUT2D eigenvalue weighted by atomic mass is 9.86. The minimum absolute atomic E-state index is 0.256. The van der Waals surface area contributed by atoms with Crippen molar-refractivity contribution in [2.24, 2.45) is 5.41 Å². The number of hydrogen-bond donors (Lipinski definition) is 1. The van der Waals surface area contributed by atoms with Crippen LogP contribution in [0.2, 0.25) is 0 Å². The van der Waals surface area contributed by atoms with E-state index in [1.165, 1.54) is 25.7 Å². The van der Waals surface area contributed by atoms with Gasteiger partial charge < -0.3 is 5.32 Å². The first-order chi connectivity index (χ1) is 8.07. The summed E-state index contributed by atoms with van der Waals surface area (Å²) in [6.45, 7) is 5.55. The number of thioether (sulfide) groups is 1. The Morgan fingerprint density at radius 1 is 1.29 bits per heavy atom. The third kappa shape index (κ3) is 5.79. The Bertz CT molecular complexity index is 249. The van der Waals surface area contributed by atoms with E-state index in [9.17, 15) is 0 Å². The zero-order valence-electron chi connectivity index (χ0n) is 11.5. The van der Waals surface area contributed by atoms with Crippen molar-refractivity contribution in [3.63, 3.8) is 0 Å². The molecule has 1 aliphatic carbocycles. The zero-order valence-corrected chi connectivity index (χ0v) is 12.3. The van der Waals surface area contributed by atoms with Crippen molar-refractivity contribution in [2.75, 3.05) is 12.8 Å². The molecule has 0 aromatic rings. The summed E-state index contributed by atoms with van der Waals surface area (Å²) in [7, 11) is 0. The topological polar surface area (TPSA) is 35.8 Å². The molecule has 0 aromatic heterocycles. The lowest BCUT2D eigenvalue weighted by Gasteiger charge is -2.32. The van der Waals surface area contributed by atoms with Crippen LogP contribution < -0.4 is 5.32 Å². The van der Waals surface area contributed by atoms with Crippen LogP contribution in [0, 0.1) is 16.7 Å². The molecule has 0 aliphatic heterocycles. The van der Waals surface area contributed by atoms with Crippen molar-refractivity contribution in [3.05, 3.63) is 0 Å². The average molecular weight is 254 g/mol. The lowest BCUT2D eigenvalue weighted by molar-refractivity contribution is 0.276. The van der Waals surface area contributed by atoms with Gasteiger partial charge >= 0.3 is 0 Å². The smallest absolute Gasteiger partial charge is 0.0621 e. The first kappa shape index (κ1) is 14.9. The van der Waals surface area contributed by atoms with Crippen LogP contribution in [0.15, 0.2) is 0 Å². The van der Waals surface area contributed by atoms with E-state index in [1.54, 1.807) is 0 Å². The van der Waals surface area contributed by atoms with E-state index in [1.807, 2.05) is 11.8 Å². The molecule has 0 radical (unpaired) electrons. The highest BCUT2D eigenvalue weighted by atomic mass is 32.2. The molecule has 3 heteroatoms. The molecule has 0 amide bonds. The zero-order chi connectivity index (χ0) is 12.7. The van der Waals surface area contributed by atoms with E-state index in [-0.39, 0.29) is 5.41 Å². The third-order valence-electron chi connectivity index (χ3n) is 3.79. The van der Waals surface area contributed by atoms with Gasteiger partial charge in [0.2, 0.25) is 0 Å². The van der Waals surface area contributed by atoms with E-state index in [0.717, 1.165) is 18.2 Å². The van der Waals surface area contributed by atoms with E-state index < -0.39 is 0 Å². The minimum Gasteiger partial charge on any atom is -0.313 e. The standard InChI is InChI=1S/C14H26N2S/c1-14(2,9-4-10-15)11-16-12-5-7-13(17-3)8-6-12/h12-13,16H,4-9,11H2,1-3H3. The van der Waals surface area contributed by atoms with Crippen LogP contribution >= 0.6 is 11.8 Å². The van der Waals surface area contributed by atoms with E-state index in [4.69, 9.17) is 5.26 Å². The molecule has 1 saturated carbocycles. The Morgan fingerprint density at radius 3 is 2.47 bits per heavy atom. The number of nitrogens with zero attached hydrogens (tertiary/aromatic N) is 1. The number of nitrogens with one attached hydrogen (secondary N) is 1. The summed E-state index contributed by atoms with van der Waals surface area (Å²) in [5, 5.41) is 13.2. The molecule has 2 nitrogen and oxygen atoms in total. The van der Waals surface area contributed by atoms with Crippen LogP contribution in [0.1, 0.15) is 52.4 Å². The highest BCUT2D eigenvalue weighted by Crippen LogP contribution is 2.28. The fraction of sp³-hybridized carbons (Fsp3) is 0.929. The summed E-state index contributed by atoms with van der Waals surface area (Å²) in [4.78, 5) is 0. The quantitative estimate of drug-likeness (QED) is 0.787. The number of rotatable bonds is 6. The van der Waals surface area contributed by atoms with Crippen molar-refractivity contribution >= 4 is 11.8 Å². The molecule has 0 aromatic carbocycles. The van der Waals surface area contributed by atoms with Crippen LogP contribution in [0.5, 0.6) is 0 Å². The molecule has 1 aliphatic rings. The van der Waals surface area contributed by atoms with E-state index >= 15 is 0 Å². The average Bonchev–Trinajstić information content (AvgIpc) is 2.35. The molecular formula is C14H26N2S. The van der Waals surface area contributed by atoms with Gasteiger partial charge in [-0.15, -0.1) is 0 Å². The molecule has 0 atom stereocenters. The molecule has 98 valence electrons. The molecule has 1 N–H and O–H groups in total. The fourth-order valence-corrected chi connectivity index (χ4v) is 3.15. The predicted octanol–water partition coefficient (Wildman–Crippen LogP) is 3.58. The second kappa shape index (κ2) is 7.28. The second-order valence-corrected chi connectivity index (χ2v) is 7.05. The summed E-state index contributed by atoms with van der Waals surface area (Å²) >= 11 is 2.02. The van der Waals surface area contributed by atoms with Crippen LogP contribution in [0.4, 0.5) is 0 Å². The maximum atomic E-state index is 8.63.